The highest BCUT2D eigenvalue weighted by molar-refractivity contribution is 6.43. The maximum Gasteiger partial charge on any atom is 0.133 e. The number of para-hydroxylation sites is 1. The van der Waals surface area contributed by atoms with Crippen molar-refractivity contribution in [2.75, 3.05) is 11.9 Å². The lowest BCUT2D eigenvalue weighted by Gasteiger charge is -2.11. The van der Waals surface area contributed by atoms with Gasteiger partial charge in [-0.1, -0.05) is 53.5 Å². The minimum absolute atomic E-state index is 0.555. The standard InChI is InChI=1S/C20H19Cl2N3/c1-13-7-2-3-11-17(13)25-20-15(8-4-5-12-23-20)19(24-25)14-9-6-10-16(21)18(14)22/h2-3,6-7,9-11,23H,4-5,8,12H2,1H3. The Bertz CT molecular complexity index is 931. The molecule has 3 aromatic rings. The number of nitrogens with zero attached hydrogens (tertiary/aromatic N) is 2. The average Bonchev–Trinajstić information content (AvgIpc) is 2.79. The number of halogens is 2. The van der Waals surface area contributed by atoms with Crippen molar-refractivity contribution in [1.29, 1.82) is 0 Å². The van der Waals surface area contributed by atoms with E-state index in [0.717, 1.165) is 48.6 Å². The molecule has 4 rings (SSSR count). The van der Waals surface area contributed by atoms with E-state index in [4.69, 9.17) is 28.3 Å². The Morgan fingerprint density at radius 1 is 1.04 bits per heavy atom. The second kappa shape index (κ2) is 6.74. The van der Waals surface area contributed by atoms with E-state index in [2.05, 4.69) is 24.4 Å². The summed E-state index contributed by atoms with van der Waals surface area (Å²) >= 11 is 12.7. The van der Waals surface area contributed by atoms with Crippen molar-refractivity contribution in [2.24, 2.45) is 0 Å². The molecular weight excluding hydrogens is 353 g/mol. The van der Waals surface area contributed by atoms with Crippen molar-refractivity contribution in [3.8, 4) is 16.9 Å². The molecule has 0 unspecified atom stereocenters. The fourth-order valence-electron chi connectivity index (χ4n) is 3.38. The summed E-state index contributed by atoms with van der Waals surface area (Å²) in [5.74, 6) is 1.07. The number of hydrogen-bond acceptors (Lipinski definition) is 2. The van der Waals surface area contributed by atoms with Gasteiger partial charge in [0.25, 0.3) is 0 Å². The third-order valence-electron chi connectivity index (χ3n) is 4.68. The van der Waals surface area contributed by atoms with Crippen LogP contribution in [0.25, 0.3) is 16.9 Å². The Balaban J connectivity index is 1.97. The first-order valence-corrected chi connectivity index (χ1v) is 9.28. The number of aromatic nitrogens is 2. The zero-order chi connectivity index (χ0) is 17.4. The predicted molar refractivity (Wildman–Crippen MR) is 105 cm³/mol. The van der Waals surface area contributed by atoms with Crippen LogP contribution in [-0.4, -0.2) is 16.3 Å². The van der Waals surface area contributed by atoms with Gasteiger partial charge in [-0.15, -0.1) is 0 Å². The van der Waals surface area contributed by atoms with Crippen LogP contribution < -0.4 is 5.32 Å². The summed E-state index contributed by atoms with van der Waals surface area (Å²) < 4.78 is 2.02. The SMILES string of the molecule is Cc1ccccc1-n1nc(-c2cccc(Cl)c2Cl)c2c1NCCCC2. The Morgan fingerprint density at radius 3 is 2.72 bits per heavy atom. The van der Waals surface area contributed by atoms with E-state index >= 15 is 0 Å². The molecule has 1 N–H and O–H groups in total. The molecule has 0 spiro atoms. The van der Waals surface area contributed by atoms with Crippen molar-refractivity contribution in [3.63, 3.8) is 0 Å². The Kier molecular flexibility index (Phi) is 4.45. The topological polar surface area (TPSA) is 29.9 Å². The summed E-state index contributed by atoms with van der Waals surface area (Å²) in [4.78, 5) is 0. The van der Waals surface area contributed by atoms with E-state index in [1.807, 2.05) is 35.0 Å². The van der Waals surface area contributed by atoms with E-state index < -0.39 is 0 Å². The van der Waals surface area contributed by atoms with Gasteiger partial charge < -0.3 is 5.32 Å². The zero-order valence-corrected chi connectivity index (χ0v) is 15.5. The van der Waals surface area contributed by atoms with E-state index in [0.29, 0.717) is 10.0 Å². The Hall–Kier alpha value is -1.97. The van der Waals surface area contributed by atoms with Crippen LogP contribution in [0.4, 0.5) is 5.82 Å². The van der Waals surface area contributed by atoms with Crippen LogP contribution in [0.5, 0.6) is 0 Å². The van der Waals surface area contributed by atoms with Gasteiger partial charge in [-0.25, -0.2) is 4.68 Å². The minimum atomic E-state index is 0.555. The van der Waals surface area contributed by atoms with Crippen LogP contribution in [0.15, 0.2) is 42.5 Å². The molecule has 2 aromatic carbocycles. The number of nitrogens with one attached hydrogen (secondary N) is 1. The van der Waals surface area contributed by atoms with Gasteiger partial charge in [0, 0.05) is 17.7 Å². The third-order valence-corrected chi connectivity index (χ3v) is 5.50. The molecule has 0 saturated carbocycles. The van der Waals surface area contributed by atoms with Crippen LogP contribution in [-0.2, 0) is 6.42 Å². The maximum absolute atomic E-state index is 6.50. The van der Waals surface area contributed by atoms with Crippen molar-refractivity contribution in [3.05, 3.63) is 63.6 Å². The highest BCUT2D eigenvalue weighted by atomic mass is 35.5. The molecule has 0 bridgehead atoms. The quantitative estimate of drug-likeness (QED) is 0.607. The van der Waals surface area contributed by atoms with Gasteiger partial charge in [0.1, 0.15) is 5.82 Å². The molecule has 1 aliphatic heterocycles. The van der Waals surface area contributed by atoms with Crippen LogP contribution >= 0.6 is 23.2 Å². The van der Waals surface area contributed by atoms with E-state index in [1.54, 1.807) is 0 Å². The summed E-state index contributed by atoms with van der Waals surface area (Å²) in [6.07, 6.45) is 3.25. The lowest BCUT2D eigenvalue weighted by molar-refractivity contribution is 0.779. The first kappa shape index (κ1) is 16.5. The maximum atomic E-state index is 6.50. The van der Waals surface area contributed by atoms with Gasteiger partial charge in [-0.2, -0.15) is 5.10 Å². The summed E-state index contributed by atoms with van der Waals surface area (Å²) in [7, 11) is 0. The van der Waals surface area contributed by atoms with Crippen molar-refractivity contribution >= 4 is 29.0 Å². The van der Waals surface area contributed by atoms with E-state index in [1.165, 1.54) is 11.1 Å². The molecule has 5 heteroatoms. The van der Waals surface area contributed by atoms with Crippen molar-refractivity contribution in [2.45, 2.75) is 26.2 Å². The van der Waals surface area contributed by atoms with Crippen LogP contribution in [0.2, 0.25) is 10.0 Å². The lowest BCUT2D eigenvalue weighted by Crippen LogP contribution is -2.08. The second-order valence-corrected chi connectivity index (χ2v) is 7.14. The minimum Gasteiger partial charge on any atom is -0.370 e. The molecule has 0 fully saturated rings. The molecule has 128 valence electrons. The van der Waals surface area contributed by atoms with E-state index in [-0.39, 0.29) is 0 Å². The summed E-state index contributed by atoms with van der Waals surface area (Å²) in [6, 6.07) is 14.0. The van der Waals surface area contributed by atoms with Crippen LogP contribution in [0, 0.1) is 6.92 Å². The monoisotopic (exact) mass is 371 g/mol. The van der Waals surface area contributed by atoms with E-state index in [9.17, 15) is 0 Å². The molecule has 1 aromatic heterocycles. The number of hydrogen-bond donors (Lipinski definition) is 1. The van der Waals surface area contributed by atoms with Gasteiger partial charge in [-0.3, -0.25) is 0 Å². The molecule has 0 radical (unpaired) electrons. The number of benzene rings is 2. The van der Waals surface area contributed by atoms with Crippen LogP contribution in [0.1, 0.15) is 24.0 Å². The predicted octanol–water partition coefficient (Wildman–Crippen LogP) is 5.90. The third kappa shape index (κ3) is 2.92. The fraction of sp³-hybridized carbons (Fsp3) is 0.250. The molecule has 1 aliphatic rings. The Labute approximate surface area is 157 Å². The summed E-state index contributed by atoms with van der Waals surface area (Å²) in [5.41, 5.74) is 5.28. The molecule has 0 aliphatic carbocycles. The number of rotatable bonds is 2. The fourth-order valence-corrected chi connectivity index (χ4v) is 3.77. The second-order valence-electron chi connectivity index (χ2n) is 6.36. The molecule has 3 nitrogen and oxygen atoms in total. The number of fused-ring (bicyclic) bond motifs is 1. The molecule has 0 atom stereocenters. The molecule has 0 amide bonds. The van der Waals surface area contributed by atoms with Crippen LogP contribution in [0.3, 0.4) is 0 Å². The van der Waals surface area contributed by atoms with Gasteiger partial charge in [0.2, 0.25) is 0 Å². The first-order valence-electron chi connectivity index (χ1n) is 8.53. The molecular formula is C20H19Cl2N3. The number of anilines is 1. The highest BCUT2D eigenvalue weighted by Crippen LogP contribution is 2.39. The first-order chi connectivity index (χ1) is 12.2. The zero-order valence-electron chi connectivity index (χ0n) is 14.0. The smallest absolute Gasteiger partial charge is 0.133 e. The van der Waals surface area contributed by atoms with Crippen molar-refractivity contribution < 1.29 is 0 Å². The Morgan fingerprint density at radius 2 is 1.88 bits per heavy atom. The molecule has 25 heavy (non-hydrogen) atoms. The lowest BCUT2D eigenvalue weighted by atomic mass is 10.0. The van der Waals surface area contributed by atoms with Gasteiger partial charge in [0.05, 0.1) is 21.4 Å². The molecule has 2 heterocycles. The largest absolute Gasteiger partial charge is 0.370 e. The summed E-state index contributed by atoms with van der Waals surface area (Å²) in [6.45, 7) is 3.05. The highest BCUT2D eigenvalue weighted by Gasteiger charge is 2.23. The van der Waals surface area contributed by atoms with Gasteiger partial charge >= 0.3 is 0 Å². The van der Waals surface area contributed by atoms with Gasteiger partial charge in [-0.05, 0) is 43.9 Å². The number of aryl methyl sites for hydroxylation is 1. The van der Waals surface area contributed by atoms with Gasteiger partial charge in [0.15, 0.2) is 0 Å². The summed E-state index contributed by atoms with van der Waals surface area (Å²) in [5, 5.41) is 9.63. The molecule has 0 saturated heterocycles. The van der Waals surface area contributed by atoms with Crippen molar-refractivity contribution in [1.82, 2.24) is 9.78 Å². The average molecular weight is 372 g/mol. The normalized spacial score (nSPS) is 13.9.